The SMILES string of the molecule is Cc1ccc(/C=C\C(=O)OC(C)(C)C)cc1. The van der Waals surface area contributed by atoms with Crippen molar-refractivity contribution in [3.63, 3.8) is 0 Å². The molecule has 0 atom stereocenters. The highest BCUT2D eigenvalue weighted by molar-refractivity contribution is 5.87. The van der Waals surface area contributed by atoms with Gasteiger partial charge >= 0.3 is 5.97 Å². The van der Waals surface area contributed by atoms with Crippen molar-refractivity contribution in [2.75, 3.05) is 0 Å². The Bertz CT molecular complexity index is 380. The first kappa shape index (κ1) is 12.5. The third-order valence-corrected chi connectivity index (χ3v) is 1.90. The van der Waals surface area contributed by atoms with E-state index in [0.717, 1.165) is 5.56 Å². The van der Waals surface area contributed by atoms with Crippen LogP contribution in [0.1, 0.15) is 31.9 Å². The van der Waals surface area contributed by atoms with Gasteiger partial charge in [-0.1, -0.05) is 29.8 Å². The minimum atomic E-state index is -0.436. The summed E-state index contributed by atoms with van der Waals surface area (Å²) in [5, 5.41) is 0. The Balaban J connectivity index is 2.60. The van der Waals surface area contributed by atoms with Crippen LogP contribution in [0.2, 0.25) is 0 Å². The molecule has 0 saturated heterocycles. The van der Waals surface area contributed by atoms with E-state index in [4.69, 9.17) is 4.74 Å². The van der Waals surface area contributed by atoms with Crippen molar-refractivity contribution in [2.24, 2.45) is 0 Å². The minimum absolute atomic E-state index is 0.312. The summed E-state index contributed by atoms with van der Waals surface area (Å²) in [4.78, 5) is 11.4. The lowest BCUT2D eigenvalue weighted by Crippen LogP contribution is -2.22. The van der Waals surface area contributed by atoms with Crippen LogP contribution in [0.5, 0.6) is 0 Å². The average molecular weight is 218 g/mol. The van der Waals surface area contributed by atoms with E-state index in [-0.39, 0.29) is 5.97 Å². The van der Waals surface area contributed by atoms with Crippen LogP contribution in [0.3, 0.4) is 0 Å². The van der Waals surface area contributed by atoms with E-state index < -0.39 is 5.60 Å². The Kier molecular flexibility index (Phi) is 3.88. The van der Waals surface area contributed by atoms with E-state index in [1.807, 2.05) is 52.0 Å². The van der Waals surface area contributed by atoms with Crippen LogP contribution in [0, 0.1) is 6.92 Å². The molecule has 86 valence electrons. The highest BCUT2D eigenvalue weighted by Crippen LogP contribution is 2.09. The number of esters is 1. The van der Waals surface area contributed by atoms with Gasteiger partial charge in [0.2, 0.25) is 0 Å². The summed E-state index contributed by atoms with van der Waals surface area (Å²) in [5.74, 6) is -0.312. The fourth-order valence-electron chi connectivity index (χ4n) is 1.18. The Labute approximate surface area is 96.9 Å². The Hall–Kier alpha value is -1.57. The second-order valence-electron chi connectivity index (χ2n) is 4.78. The monoisotopic (exact) mass is 218 g/mol. The molecule has 0 radical (unpaired) electrons. The van der Waals surface area contributed by atoms with Gasteiger partial charge in [0, 0.05) is 6.08 Å². The molecule has 0 N–H and O–H groups in total. The number of hydrogen-bond acceptors (Lipinski definition) is 2. The lowest BCUT2D eigenvalue weighted by molar-refractivity contribution is -0.148. The highest BCUT2D eigenvalue weighted by atomic mass is 16.6. The maximum Gasteiger partial charge on any atom is 0.331 e. The van der Waals surface area contributed by atoms with E-state index in [0.29, 0.717) is 0 Å². The number of aryl methyl sites for hydroxylation is 1. The highest BCUT2D eigenvalue weighted by Gasteiger charge is 2.13. The van der Waals surface area contributed by atoms with Gasteiger partial charge < -0.3 is 4.74 Å². The molecular formula is C14H18O2. The van der Waals surface area contributed by atoms with Gasteiger partial charge in [0.1, 0.15) is 5.60 Å². The number of rotatable bonds is 2. The fraction of sp³-hybridized carbons (Fsp3) is 0.357. The van der Waals surface area contributed by atoms with Gasteiger partial charge in [-0.05, 0) is 39.3 Å². The second-order valence-corrected chi connectivity index (χ2v) is 4.78. The van der Waals surface area contributed by atoms with Crippen LogP contribution < -0.4 is 0 Å². The molecule has 0 aliphatic rings. The first-order valence-electron chi connectivity index (χ1n) is 5.34. The van der Waals surface area contributed by atoms with Crippen LogP contribution in [-0.2, 0) is 9.53 Å². The van der Waals surface area contributed by atoms with Crippen LogP contribution >= 0.6 is 0 Å². The molecule has 16 heavy (non-hydrogen) atoms. The lowest BCUT2D eigenvalue weighted by Gasteiger charge is -2.17. The molecule has 0 bridgehead atoms. The summed E-state index contributed by atoms with van der Waals surface area (Å²) in [7, 11) is 0. The van der Waals surface area contributed by atoms with E-state index >= 15 is 0 Å². The molecule has 0 fully saturated rings. The predicted octanol–water partition coefficient (Wildman–Crippen LogP) is 3.35. The summed E-state index contributed by atoms with van der Waals surface area (Å²) < 4.78 is 5.16. The van der Waals surface area contributed by atoms with Gasteiger partial charge in [-0.2, -0.15) is 0 Å². The van der Waals surface area contributed by atoms with Crippen molar-refractivity contribution in [1.82, 2.24) is 0 Å². The Morgan fingerprint density at radius 2 is 1.75 bits per heavy atom. The van der Waals surface area contributed by atoms with Crippen LogP contribution in [-0.4, -0.2) is 11.6 Å². The molecule has 0 spiro atoms. The third-order valence-electron chi connectivity index (χ3n) is 1.90. The molecule has 0 saturated carbocycles. The molecule has 0 aliphatic carbocycles. The van der Waals surface area contributed by atoms with Crippen molar-refractivity contribution < 1.29 is 9.53 Å². The van der Waals surface area contributed by atoms with Crippen molar-refractivity contribution >= 4 is 12.0 Å². The molecule has 2 heteroatoms. The summed E-state index contributed by atoms with van der Waals surface area (Å²) >= 11 is 0. The van der Waals surface area contributed by atoms with Crippen molar-refractivity contribution in [1.29, 1.82) is 0 Å². The smallest absolute Gasteiger partial charge is 0.331 e. The van der Waals surface area contributed by atoms with Crippen LogP contribution in [0.4, 0.5) is 0 Å². The molecule has 2 nitrogen and oxygen atoms in total. The summed E-state index contributed by atoms with van der Waals surface area (Å²) in [6, 6.07) is 7.95. The van der Waals surface area contributed by atoms with Crippen molar-refractivity contribution in [2.45, 2.75) is 33.3 Å². The molecule has 0 aromatic heterocycles. The lowest BCUT2D eigenvalue weighted by atomic mass is 10.1. The van der Waals surface area contributed by atoms with Crippen LogP contribution in [0.25, 0.3) is 6.08 Å². The zero-order valence-electron chi connectivity index (χ0n) is 10.3. The molecular weight excluding hydrogens is 200 g/mol. The number of carbonyl (C=O) groups excluding carboxylic acids is 1. The number of benzene rings is 1. The molecule has 0 unspecified atom stereocenters. The molecule has 1 aromatic carbocycles. The predicted molar refractivity (Wildman–Crippen MR) is 66.1 cm³/mol. The largest absolute Gasteiger partial charge is 0.457 e. The van der Waals surface area contributed by atoms with Crippen LogP contribution in [0.15, 0.2) is 30.3 Å². The number of carbonyl (C=O) groups is 1. The fourth-order valence-corrected chi connectivity index (χ4v) is 1.18. The topological polar surface area (TPSA) is 26.3 Å². The van der Waals surface area contributed by atoms with Crippen molar-refractivity contribution in [3.05, 3.63) is 41.5 Å². The van der Waals surface area contributed by atoms with E-state index in [9.17, 15) is 4.79 Å². The summed E-state index contributed by atoms with van der Waals surface area (Å²) in [6.07, 6.45) is 3.21. The van der Waals surface area contributed by atoms with Gasteiger partial charge in [-0.3, -0.25) is 0 Å². The Morgan fingerprint density at radius 3 is 2.25 bits per heavy atom. The van der Waals surface area contributed by atoms with Gasteiger partial charge in [0.15, 0.2) is 0 Å². The normalized spacial score (nSPS) is 11.8. The quantitative estimate of drug-likeness (QED) is 0.562. The van der Waals surface area contributed by atoms with Gasteiger partial charge in [-0.15, -0.1) is 0 Å². The van der Waals surface area contributed by atoms with E-state index in [1.54, 1.807) is 6.08 Å². The Morgan fingerprint density at radius 1 is 1.19 bits per heavy atom. The number of hydrogen-bond donors (Lipinski definition) is 0. The van der Waals surface area contributed by atoms with Gasteiger partial charge in [0.05, 0.1) is 0 Å². The van der Waals surface area contributed by atoms with Crippen molar-refractivity contribution in [3.8, 4) is 0 Å². The maximum atomic E-state index is 11.4. The van der Waals surface area contributed by atoms with E-state index in [1.165, 1.54) is 11.6 Å². The van der Waals surface area contributed by atoms with E-state index in [2.05, 4.69) is 0 Å². The molecule has 0 heterocycles. The summed E-state index contributed by atoms with van der Waals surface area (Å²) in [5.41, 5.74) is 1.76. The average Bonchev–Trinajstić information content (AvgIpc) is 2.14. The van der Waals surface area contributed by atoms with Gasteiger partial charge in [0.25, 0.3) is 0 Å². The molecule has 0 aliphatic heterocycles. The minimum Gasteiger partial charge on any atom is -0.457 e. The maximum absolute atomic E-state index is 11.4. The first-order chi connectivity index (χ1) is 7.37. The summed E-state index contributed by atoms with van der Waals surface area (Å²) in [6.45, 7) is 7.58. The standard InChI is InChI=1S/C14H18O2/c1-11-5-7-12(8-6-11)9-10-13(15)16-14(2,3)4/h5-10H,1-4H3/b10-9-. The molecule has 0 amide bonds. The third kappa shape index (κ3) is 4.78. The zero-order chi connectivity index (χ0) is 12.2. The van der Waals surface area contributed by atoms with Gasteiger partial charge in [-0.25, -0.2) is 4.79 Å². The number of ether oxygens (including phenoxy) is 1. The second kappa shape index (κ2) is 4.97. The molecule has 1 aromatic rings. The first-order valence-corrected chi connectivity index (χ1v) is 5.34. The zero-order valence-corrected chi connectivity index (χ0v) is 10.3. The molecule has 1 rings (SSSR count).